The third-order valence-electron chi connectivity index (χ3n) is 3.59. The number of aryl methyl sites for hydroxylation is 1. The Bertz CT molecular complexity index is 622. The van der Waals surface area contributed by atoms with Crippen LogP contribution in [0.15, 0.2) is 30.3 Å². The molecule has 6 nitrogen and oxygen atoms in total. The second kappa shape index (κ2) is 6.70. The van der Waals surface area contributed by atoms with Crippen molar-refractivity contribution in [1.29, 1.82) is 0 Å². The van der Waals surface area contributed by atoms with Gasteiger partial charge in [0, 0.05) is 0 Å². The molecule has 1 aromatic carbocycles. The van der Waals surface area contributed by atoms with Crippen molar-refractivity contribution in [2.45, 2.75) is 25.8 Å². The second-order valence-electron chi connectivity index (χ2n) is 5.65. The lowest BCUT2D eigenvalue weighted by Crippen LogP contribution is -2.33. The van der Waals surface area contributed by atoms with Crippen LogP contribution in [0.1, 0.15) is 36.1 Å². The molecular formula is C16H20N4O2. The van der Waals surface area contributed by atoms with Crippen LogP contribution in [0.3, 0.4) is 0 Å². The molecule has 0 bridgehead atoms. The van der Waals surface area contributed by atoms with Crippen LogP contribution in [0.4, 0.5) is 0 Å². The lowest BCUT2D eigenvalue weighted by molar-refractivity contribution is -0.126. The number of carbonyl (C=O) groups excluding carboxylic acids is 1. The van der Waals surface area contributed by atoms with E-state index in [1.807, 2.05) is 37.3 Å². The summed E-state index contributed by atoms with van der Waals surface area (Å²) in [5.41, 5.74) is 0.942. The molecular weight excluding hydrogens is 280 g/mol. The Balaban J connectivity index is 1.66. The zero-order valence-corrected chi connectivity index (χ0v) is 12.6. The summed E-state index contributed by atoms with van der Waals surface area (Å²) in [5, 5.41) is 9.94. The molecule has 0 saturated heterocycles. The summed E-state index contributed by atoms with van der Waals surface area (Å²) in [6.45, 7) is 2.57. The quantitative estimate of drug-likeness (QED) is 0.816. The summed E-state index contributed by atoms with van der Waals surface area (Å²) in [4.78, 5) is 16.4. The summed E-state index contributed by atoms with van der Waals surface area (Å²) in [6.07, 6.45) is 2.43. The van der Waals surface area contributed by atoms with Crippen LogP contribution in [-0.2, 0) is 9.53 Å². The van der Waals surface area contributed by atoms with E-state index in [4.69, 9.17) is 4.74 Å². The summed E-state index contributed by atoms with van der Waals surface area (Å²) >= 11 is 0. The first-order valence-corrected chi connectivity index (χ1v) is 7.53. The summed E-state index contributed by atoms with van der Waals surface area (Å²) in [7, 11) is 0. The highest BCUT2D eigenvalue weighted by Crippen LogP contribution is 2.28. The number of hydrogen-bond acceptors (Lipinski definition) is 4. The Morgan fingerprint density at radius 2 is 2.18 bits per heavy atom. The van der Waals surface area contributed by atoms with Gasteiger partial charge in [-0.1, -0.05) is 30.3 Å². The molecule has 1 fully saturated rings. The number of amides is 1. The molecule has 22 heavy (non-hydrogen) atoms. The number of hydrogen-bond donors (Lipinski definition) is 2. The zero-order valence-electron chi connectivity index (χ0n) is 12.6. The Hall–Kier alpha value is -2.21. The third-order valence-corrected chi connectivity index (χ3v) is 3.59. The molecule has 3 rings (SSSR count). The van der Waals surface area contributed by atoms with Gasteiger partial charge in [-0.25, -0.2) is 4.98 Å². The molecule has 1 atom stereocenters. The van der Waals surface area contributed by atoms with Crippen LogP contribution in [0.25, 0.3) is 0 Å². The van der Waals surface area contributed by atoms with Crippen molar-refractivity contribution >= 4 is 5.91 Å². The Morgan fingerprint density at radius 1 is 1.41 bits per heavy atom. The van der Waals surface area contributed by atoms with Gasteiger partial charge >= 0.3 is 0 Å². The highest BCUT2D eigenvalue weighted by atomic mass is 16.5. The van der Waals surface area contributed by atoms with Crippen molar-refractivity contribution in [3.8, 4) is 0 Å². The van der Waals surface area contributed by atoms with Crippen molar-refractivity contribution in [3.63, 3.8) is 0 Å². The normalized spacial score (nSPS) is 15.5. The van der Waals surface area contributed by atoms with Crippen LogP contribution in [0.2, 0.25) is 0 Å². The van der Waals surface area contributed by atoms with Gasteiger partial charge < -0.3 is 10.1 Å². The molecule has 1 aliphatic rings. The molecule has 1 amide bonds. The highest BCUT2D eigenvalue weighted by molar-refractivity contribution is 5.78. The molecule has 1 saturated carbocycles. The van der Waals surface area contributed by atoms with E-state index < -0.39 is 0 Å². The first kappa shape index (κ1) is 14.7. The standard InChI is InChI=1S/C16H20N4O2/c1-11-17-16(20-19-11)15(13-5-3-2-4-6-13)18-14(21)10-22-9-12-7-8-12/h2-6,12,15H,7-10H2,1H3,(H,18,21)(H,17,19,20)/t15-/m1/s1. The van der Waals surface area contributed by atoms with Crippen molar-refractivity contribution in [1.82, 2.24) is 20.5 Å². The fourth-order valence-electron chi connectivity index (χ4n) is 2.24. The van der Waals surface area contributed by atoms with Crippen LogP contribution in [-0.4, -0.2) is 34.3 Å². The monoisotopic (exact) mass is 300 g/mol. The third kappa shape index (κ3) is 3.92. The topological polar surface area (TPSA) is 79.9 Å². The minimum absolute atomic E-state index is 0.0727. The molecule has 116 valence electrons. The van der Waals surface area contributed by atoms with E-state index in [2.05, 4.69) is 20.5 Å². The van der Waals surface area contributed by atoms with Crippen molar-refractivity contribution in [2.24, 2.45) is 5.92 Å². The molecule has 6 heteroatoms. The van der Waals surface area contributed by atoms with E-state index in [-0.39, 0.29) is 18.6 Å². The number of carbonyl (C=O) groups is 1. The van der Waals surface area contributed by atoms with Crippen molar-refractivity contribution in [3.05, 3.63) is 47.5 Å². The number of aromatic amines is 1. The number of nitrogens with one attached hydrogen (secondary N) is 2. The Morgan fingerprint density at radius 3 is 2.82 bits per heavy atom. The number of nitrogens with zero attached hydrogens (tertiary/aromatic N) is 2. The summed E-state index contributed by atoms with van der Waals surface area (Å²) in [6, 6.07) is 9.31. The molecule has 2 N–H and O–H groups in total. The first-order valence-electron chi connectivity index (χ1n) is 7.53. The maximum absolute atomic E-state index is 12.1. The van der Waals surface area contributed by atoms with E-state index in [1.165, 1.54) is 12.8 Å². The number of H-pyrrole nitrogens is 1. The average molecular weight is 300 g/mol. The Kier molecular flexibility index (Phi) is 4.48. The van der Waals surface area contributed by atoms with E-state index in [1.54, 1.807) is 0 Å². The van der Waals surface area contributed by atoms with Gasteiger partial charge in [0.15, 0.2) is 5.82 Å². The SMILES string of the molecule is Cc1nc([C@H](NC(=O)COCC2CC2)c2ccccc2)n[nH]1. The lowest BCUT2D eigenvalue weighted by atomic mass is 10.1. The number of ether oxygens (including phenoxy) is 1. The summed E-state index contributed by atoms with van der Waals surface area (Å²) < 4.78 is 5.44. The number of benzene rings is 1. The van der Waals surface area contributed by atoms with Gasteiger partial charge in [0.25, 0.3) is 0 Å². The Labute approximate surface area is 129 Å². The minimum atomic E-state index is -0.372. The molecule has 1 aliphatic carbocycles. The highest BCUT2D eigenvalue weighted by Gasteiger charge is 2.23. The van der Waals surface area contributed by atoms with E-state index in [0.29, 0.717) is 18.3 Å². The molecule has 0 spiro atoms. The number of rotatable bonds is 7. The van der Waals surface area contributed by atoms with Crippen molar-refractivity contribution in [2.75, 3.05) is 13.2 Å². The van der Waals surface area contributed by atoms with Crippen LogP contribution >= 0.6 is 0 Å². The average Bonchev–Trinajstić information content (AvgIpc) is 3.25. The molecule has 2 aromatic rings. The van der Waals surface area contributed by atoms with Crippen molar-refractivity contribution < 1.29 is 9.53 Å². The fourth-order valence-corrected chi connectivity index (χ4v) is 2.24. The van der Waals surface area contributed by atoms with Crippen LogP contribution < -0.4 is 5.32 Å². The minimum Gasteiger partial charge on any atom is -0.371 e. The second-order valence-corrected chi connectivity index (χ2v) is 5.65. The van der Waals surface area contributed by atoms with Gasteiger partial charge in [-0.3, -0.25) is 9.89 Å². The molecule has 1 aromatic heterocycles. The van der Waals surface area contributed by atoms with Gasteiger partial charge in [-0.15, -0.1) is 0 Å². The van der Waals surface area contributed by atoms with Gasteiger partial charge in [0.2, 0.25) is 5.91 Å². The van der Waals surface area contributed by atoms with E-state index >= 15 is 0 Å². The fraction of sp³-hybridized carbons (Fsp3) is 0.438. The van der Waals surface area contributed by atoms with Gasteiger partial charge in [-0.05, 0) is 31.2 Å². The number of aromatic nitrogens is 3. The molecule has 0 radical (unpaired) electrons. The van der Waals surface area contributed by atoms with E-state index in [0.717, 1.165) is 11.4 Å². The predicted octanol–water partition coefficient (Wildman–Crippen LogP) is 1.75. The lowest BCUT2D eigenvalue weighted by Gasteiger charge is -2.16. The largest absolute Gasteiger partial charge is 0.371 e. The molecule has 0 aliphatic heterocycles. The van der Waals surface area contributed by atoms with Gasteiger partial charge in [-0.2, -0.15) is 5.10 Å². The maximum Gasteiger partial charge on any atom is 0.246 e. The van der Waals surface area contributed by atoms with Gasteiger partial charge in [0.1, 0.15) is 18.5 Å². The molecule has 0 unspecified atom stereocenters. The van der Waals surface area contributed by atoms with Gasteiger partial charge in [0.05, 0.1) is 6.61 Å². The van der Waals surface area contributed by atoms with Crippen LogP contribution in [0.5, 0.6) is 0 Å². The summed E-state index contributed by atoms with van der Waals surface area (Å²) in [5.74, 6) is 1.76. The predicted molar refractivity (Wildman–Crippen MR) is 81.1 cm³/mol. The molecule has 1 heterocycles. The smallest absolute Gasteiger partial charge is 0.246 e. The maximum atomic E-state index is 12.1. The van der Waals surface area contributed by atoms with E-state index in [9.17, 15) is 4.79 Å². The zero-order chi connectivity index (χ0) is 15.4. The van der Waals surface area contributed by atoms with Crippen LogP contribution in [0, 0.1) is 12.8 Å². The first-order chi connectivity index (χ1) is 10.7.